The average molecular weight is 664 g/mol. The maximum absolute atomic E-state index is 16.1. The van der Waals surface area contributed by atoms with Gasteiger partial charge < -0.3 is 4.57 Å². The zero-order valence-corrected chi connectivity index (χ0v) is 28.8. The van der Waals surface area contributed by atoms with Crippen molar-refractivity contribution in [1.82, 2.24) is 4.57 Å². The minimum absolute atomic E-state index is 0.123. The Morgan fingerprint density at radius 1 is 0.460 bits per heavy atom. The fourth-order valence-corrected chi connectivity index (χ4v) is 11.4. The molecule has 0 bridgehead atoms. The molecule has 1 aromatic heterocycles. The van der Waals surface area contributed by atoms with Gasteiger partial charge in [-0.3, -0.25) is 13.9 Å². The quantitative estimate of drug-likeness (QED) is 0.175. The molecule has 240 valence electrons. The first-order valence-corrected chi connectivity index (χ1v) is 18.8. The summed E-state index contributed by atoms with van der Waals surface area (Å²) in [5.74, 6) is 0. The topological polar surface area (TPSA) is 28.5 Å². The third-order valence-electron chi connectivity index (χ3n) is 10.7. The Morgan fingerprint density at radius 3 is 1.78 bits per heavy atom. The maximum Gasteiger partial charge on any atom is 0.301 e. The van der Waals surface area contributed by atoms with Gasteiger partial charge in [0.25, 0.3) is 0 Å². The average Bonchev–Trinajstić information content (AvgIpc) is 3.72. The van der Waals surface area contributed by atoms with E-state index in [0.717, 1.165) is 39.3 Å². The normalized spacial score (nSPS) is 17.2. The van der Waals surface area contributed by atoms with Crippen LogP contribution in [0.15, 0.2) is 170 Å². The molecule has 4 nitrogen and oxygen atoms in total. The highest BCUT2D eigenvalue weighted by molar-refractivity contribution is 7.76. The summed E-state index contributed by atoms with van der Waals surface area (Å²) < 4.78 is 22.7. The molecular formula is C45H34N3OP. The van der Waals surface area contributed by atoms with Crippen LogP contribution in [0, 0.1) is 0 Å². The SMILES string of the molecule is CC1(C)c2ccccc2-c2cc3c4ccccc4n(-c4ccc5c(c4)N(c4ccccc4)P(=O)(c4ccccc4)N5c4ccccc4)c3cc21. The lowest BCUT2D eigenvalue weighted by molar-refractivity contribution is 0.582. The molecule has 1 aliphatic carbocycles. The van der Waals surface area contributed by atoms with Crippen molar-refractivity contribution in [3.8, 4) is 16.8 Å². The molecule has 0 fully saturated rings. The summed E-state index contributed by atoms with van der Waals surface area (Å²) in [6, 6.07) is 59.2. The summed E-state index contributed by atoms with van der Waals surface area (Å²) in [7, 11) is -3.47. The summed E-state index contributed by atoms with van der Waals surface area (Å²) in [5, 5.41) is 3.22. The van der Waals surface area contributed by atoms with Crippen molar-refractivity contribution >= 4 is 57.3 Å². The van der Waals surface area contributed by atoms with Gasteiger partial charge in [0.05, 0.1) is 27.7 Å². The van der Waals surface area contributed by atoms with Crippen LogP contribution in [0.25, 0.3) is 38.6 Å². The lowest BCUT2D eigenvalue weighted by atomic mass is 9.82. The fraction of sp³-hybridized carbons (Fsp3) is 0.0667. The molecule has 50 heavy (non-hydrogen) atoms. The van der Waals surface area contributed by atoms with Gasteiger partial charge in [0.1, 0.15) is 0 Å². The number of fused-ring (bicyclic) bond motifs is 7. The van der Waals surface area contributed by atoms with E-state index in [1.807, 2.05) is 66.7 Å². The number of para-hydroxylation sites is 3. The van der Waals surface area contributed by atoms with Crippen LogP contribution < -0.4 is 14.6 Å². The molecule has 0 saturated carbocycles. The standard InChI is InChI=1S/C45H34N3OP/c1-45(2)39-24-14-12-22-35(39)37-29-38-36-23-13-15-25-41(36)46(43(38)30-40(37)45)33-26-27-42-44(28-33)48(32-18-8-4-9-19-32)50(49,34-20-10-5-11-21-34)47(42)31-16-6-3-7-17-31/h3-30H,1-2H3. The van der Waals surface area contributed by atoms with Gasteiger partial charge in [-0.1, -0.05) is 111 Å². The number of hydrogen-bond acceptors (Lipinski definition) is 1. The van der Waals surface area contributed by atoms with E-state index in [1.165, 1.54) is 38.5 Å². The van der Waals surface area contributed by atoms with E-state index in [2.05, 4.69) is 131 Å². The zero-order chi connectivity index (χ0) is 33.6. The maximum atomic E-state index is 16.1. The molecule has 0 radical (unpaired) electrons. The van der Waals surface area contributed by atoms with Crippen LogP contribution in [0.4, 0.5) is 22.7 Å². The molecule has 1 aliphatic heterocycles. The van der Waals surface area contributed by atoms with E-state index in [9.17, 15) is 0 Å². The van der Waals surface area contributed by atoms with Crippen LogP contribution in [0.3, 0.4) is 0 Å². The Labute approximate surface area is 292 Å². The second kappa shape index (κ2) is 10.6. The van der Waals surface area contributed by atoms with Crippen LogP contribution in [0.2, 0.25) is 0 Å². The molecule has 5 heteroatoms. The molecule has 0 amide bonds. The number of nitrogens with zero attached hydrogens (tertiary/aromatic N) is 3. The van der Waals surface area contributed by atoms with Gasteiger partial charge in [-0.05, 0) is 95.1 Å². The first-order valence-electron chi connectivity index (χ1n) is 17.2. The van der Waals surface area contributed by atoms with Gasteiger partial charge >= 0.3 is 7.44 Å². The van der Waals surface area contributed by atoms with Crippen LogP contribution in [-0.2, 0) is 9.98 Å². The Morgan fingerprint density at radius 2 is 1.06 bits per heavy atom. The van der Waals surface area contributed by atoms with Crippen molar-refractivity contribution in [2.45, 2.75) is 19.3 Å². The van der Waals surface area contributed by atoms with E-state index in [4.69, 9.17) is 0 Å². The van der Waals surface area contributed by atoms with Crippen LogP contribution in [-0.4, -0.2) is 4.57 Å². The lowest BCUT2D eigenvalue weighted by Crippen LogP contribution is -2.26. The monoisotopic (exact) mass is 663 g/mol. The molecule has 8 aromatic rings. The van der Waals surface area contributed by atoms with Gasteiger partial charge in [-0.25, -0.2) is 0 Å². The number of benzene rings is 7. The van der Waals surface area contributed by atoms with E-state index in [0.29, 0.717) is 0 Å². The highest BCUT2D eigenvalue weighted by atomic mass is 31.2. The minimum Gasteiger partial charge on any atom is -0.309 e. The second-order valence-corrected chi connectivity index (χ2v) is 16.2. The lowest BCUT2D eigenvalue weighted by Gasteiger charge is -2.33. The first kappa shape index (κ1) is 29.1. The van der Waals surface area contributed by atoms with Gasteiger partial charge in [0.2, 0.25) is 0 Å². The smallest absolute Gasteiger partial charge is 0.301 e. The summed E-state index contributed by atoms with van der Waals surface area (Å²) >= 11 is 0. The summed E-state index contributed by atoms with van der Waals surface area (Å²) in [6.07, 6.45) is 0. The minimum atomic E-state index is -3.47. The van der Waals surface area contributed by atoms with Crippen molar-refractivity contribution < 1.29 is 4.57 Å². The van der Waals surface area contributed by atoms with Gasteiger partial charge in [0, 0.05) is 33.2 Å². The van der Waals surface area contributed by atoms with E-state index < -0.39 is 7.44 Å². The largest absolute Gasteiger partial charge is 0.309 e. The number of rotatable bonds is 4. The molecule has 7 aromatic carbocycles. The molecular weight excluding hydrogens is 629 g/mol. The summed E-state index contributed by atoms with van der Waals surface area (Å²) in [4.78, 5) is 0. The molecule has 1 atom stereocenters. The third-order valence-corrected chi connectivity index (χ3v) is 13.6. The molecule has 0 spiro atoms. The van der Waals surface area contributed by atoms with E-state index >= 15 is 4.57 Å². The first-order chi connectivity index (χ1) is 24.5. The zero-order valence-electron chi connectivity index (χ0n) is 27.9. The van der Waals surface area contributed by atoms with Crippen molar-refractivity contribution in [3.63, 3.8) is 0 Å². The van der Waals surface area contributed by atoms with Crippen molar-refractivity contribution in [2.75, 3.05) is 9.34 Å². The van der Waals surface area contributed by atoms with Crippen molar-refractivity contribution in [1.29, 1.82) is 0 Å². The van der Waals surface area contributed by atoms with Crippen molar-refractivity contribution in [2.24, 2.45) is 0 Å². The van der Waals surface area contributed by atoms with Gasteiger partial charge in [-0.2, -0.15) is 0 Å². The Bertz CT molecular complexity index is 2660. The Balaban J connectivity index is 1.26. The summed E-state index contributed by atoms with van der Waals surface area (Å²) in [5.41, 5.74) is 12.1. The highest BCUT2D eigenvalue weighted by Gasteiger charge is 2.49. The summed E-state index contributed by atoms with van der Waals surface area (Å²) in [6.45, 7) is 4.67. The predicted octanol–water partition coefficient (Wildman–Crippen LogP) is 11.9. The molecule has 2 aliphatic rings. The molecule has 10 rings (SSSR count). The molecule has 0 saturated heterocycles. The van der Waals surface area contributed by atoms with Crippen LogP contribution in [0.1, 0.15) is 25.0 Å². The Kier molecular flexibility index (Phi) is 6.16. The predicted molar refractivity (Wildman–Crippen MR) is 209 cm³/mol. The Hall–Kier alpha value is -5.83. The van der Waals surface area contributed by atoms with Crippen LogP contribution in [0.5, 0.6) is 0 Å². The number of hydrogen-bond donors (Lipinski definition) is 0. The van der Waals surface area contributed by atoms with E-state index in [1.54, 1.807) is 0 Å². The molecule has 2 heterocycles. The van der Waals surface area contributed by atoms with E-state index in [-0.39, 0.29) is 5.41 Å². The van der Waals surface area contributed by atoms with Gasteiger partial charge in [0.15, 0.2) is 0 Å². The van der Waals surface area contributed by atoms with Crippen LogP contribution >= 0.6 is 7.44 Å². The number of anilines is 4. The highest BCUT2D eigenvalue weighted by Crippen LogP contribution is 2.70. The van der Waals surface area contributed by atoms with Gasteiger partial charge in [-0.15, -0.1) is 0 Å². The molecule has 0 N–H and O–H groups in total. The second-order valence-electron chi connectivity index (χ2n) is 13.8. The van der Waals surface area contributed by atoms with Crippen molar-refractivity contribution in [3.05, 3.63) is 181 Å². The number of aromatic nitrogens is 1. The third kappa shape index (κ3) is 3.91. The molecule has 1 unspecified atom stereocenters. The fourth-order valence-electron chi connectivity index (χ4n) is 8.41.